The zero-order valence-corrected chi connectivity index (χ0v) is 10.8. The first kappa shape index (κ1) is 14.0. The standard InChI is InChI=1S/C13H29N/c1-6-9-12(5)14-13(8-3)10-11(4)7-2/h11-14H,6-10H2,1-5H3. The SMILES string of the molecule is CCCC(C)NC(CC)CC(C)CC. The third-order valence-electron chi connectivity index (χ3n) is 3.12. The van der Waals surface area contributed by atoms with Crippen molar-refractivity contribution in [2.45, 2.75) is 78.8 Å². The van der Waals surface area contributed by atoms with Gasteiger partial charge >= 0.3 is 0 Å². The fourth-order valence-corrected chi connectivity index (χ4v) is 1.92. The van der Waals surface area contributed by atoms with E-state index in [-0.39, 0.29) is 0 Å². The van der Waals surface area contributed by atoms with E-state index in [9.17, 15) is 0 Å². The highest BCUT2D eigenvalue weighted by molar-refractivity contribution is 4.72. The van der Waals surface area contributed by atoms with Crippen molar-refractivity contribution in [2.24, 2.45) is 5.92 Å². The molecule has 1 N–H and O–H groups in total. The predicted molar refractivity (Wildman–Crippen MR) is 65.7 cm³/mol. The summed E-state index contributed by atoms with van der Waals surface area (Å²) in [6.45, 7) is 11.5. The Labute approximate surface area is 90.7 Å². The van der Waals surface area contributed by atoms with Crippen LogP contribution in [0.3, 0.4) is 0 Å². The molecule has 0 aromatic heterocycles. The fraction of sp³-hybridized carbons (Fsp3) is 1.00. The molecule has 1 nitrogen and oxygen atoms in total. The van der Waals surface area contributed by atoms with Gasteiger partial charge in [-0.2, -0.15) is 0 Å². The Balaban J connectivity index is 3.77. The van der Waals surface area contributed by atoms with E-state index in [0.29, 0.717) is 6.04 Å². The second kappa shape index (κ2) is 8.28. The van der Waals surface area contributed by atoms with Gasteiger partial charge in [-0.3, -0.25) is 0 Å². The number of nitrogens with one attached hydrogen (secondary N) is 1. The summed E-state index contributed by atoms with van der Waals surface area (Å²) in [6, 6.07) is 1.42. The van der Waals surface area contributed by atoms with Gasteiger partial charge in [-0.25, -0.2) is 0 Å². The summed E-state index contributed by atoms with van der Waals surface area (Å²) >= 11 is 0. The average molecular weight is 199 g/mol. The second-order valence-corrected chi connectivity index (χ2v) is 4.71. The van der Waals surface area contributed by atoms with Crippen molar-refractivity contribution in [1.29, 1.82) is 0 Å². The second-order valence-electron chi connectivity index (χ2n) is 4.71. The molecule has 0 radical (unpaired) electrons. The first-order valence-corrected chi connectivity index (χ1v) is 6.39. The molecule has 0 aliphatic rings. The summed E-state index contributed by atoms with van der Waals surface area (Å²) in [4.78, 5) is 0. The third kappa shape index (κ3) is 6.42. The van der Waals surface area contributed by atoms with Crippen LogP contribution in [-0.4, -0.2) is 12.1 Å². The molecule has 3 atom stereocenters. The first-order valence-electron chi connectivity index (χ1n) is 6.39. The van der Waals surface area contributed by atoms with Gasteiger partial charge in [-0.1, -0.05) is 40.5 Å². The fourth-order valence-electron chi connectivity index (χ4n) is 1.92. The van der Waals surface area contributed by atoms with Crippen LogP contribution in [0.5, 0.6) is 0 Å². The van der Waals surface area contributed by atoms with E-state index in [1.54, 1.807) is 0 Å². The molecule has 0 amide bonds. The molecule has 0 bridgehead atoms. The third-order valence-corrected chi connectivity index (χ3v) is 3.12. The lowest BCUT2D eigenvalue weighted by atomic mass is 9.97. The van der Waals surface area contributed by atoms with E-state index in [0.717, 1.165) is 12.0 Å². The summed E-state index contributed by atoms with van der Waals surface area (Å²) in [5, 5.41) is 3.73. The Hall–Kier alpha value is -0.0400. The van der Waals surface area contributed by atoms with Crippen LogP contribution in [-0.2, 0) is 0 Å². The quantitative estimate of drug-likeness (QED) is 0.623. The maximum atomic E-state index is 3.73. The molecule has 0 saturated carbocycles. The van der Waals surface area contributed by atoms with Gasteiger partial charge in [-0.05, 0) is 32.1 Å². The Kier molecular flexibility index (Phi) is 8.26. The van der Waals surface area contributed by atoms with Crippen LogP contribution in [0.25, 0.3) is 0 Å². The van der Waals surface area contributed by atoms with Gasteiger partial charge in [0.15, 0.2) is 0 Å². The minimum absolute atomic E-state index is 0.689. The summed E-state index contributed by atoms with van der Waals surface area (Å²) in [5.74, 6) is 0.862. The average Bonchev–Trinajstić information content (AvgIpc) is 2.16. The highest BCUT2D eigenvalue weighted by Crippen LogP contribution is 2.13. The van der Waals surface area contributed by atoms with Crippen molar-refractivity contribution >= 4 is 0 Å². The highest BCUT2D eigenvalue weighted by Gasteiger charge is 2.12. The zero-order chi connectivity index (χ0) is 11.0. The lowest BCUT2D eigenvalue weighted by Crippen LogP contribution is -2.37. The van der Waals surface area contributed by atoms with Gasteiger partial charge in [0.05, 0.1) is 0 Å². The molecule has 0 aromatic rings. The minimum Gasteiger partial charge on any atom is -0.312 e. The number of hydrogen-bond acceptors (Lipinski definition) is 1. The Morgan fingerprint density at radius 1 is 1.00 bits per heavy atom. The van der Waals surface area contributed by atoms with Gasteiger partial charge < -0.3 is 5.32 Å². The van der Waals surface area contributed by atoms with Crippen LogP contribution in [0.4, 0.5) is 0 Å². The summed E-state index contributed by atoms with van der Waals surface area (Å²) in [7, 11) is 0. The van der Waals surface area contributed by atoms with E-state index in [2.05, 4.69) is 39.9 Å². The van der Waals surface area contributed by atoms with Gasteiger partial charge in [-0.15, -0.1) is 0 Å². The molecule has 0 aromatic carbocycles. The van der Waals surface area contributed by atoms with Crippen LogP contribution >= 0.6 is 0 Å². The molecule has 3 unspecified atom stereocenters. The first-order chi connectivity index (χ1) is 6.63. The smallest absolute Gasteiger partial charge is 0.00694 e. The van der Waals surface area contributed by atoms with Gasteiger partial charge in [0.2, 0.25) is 0 Å². The molecule has 1 heteroatoms. The van der Waals surface area contributed by atoms with Crippen molar-refractivity contribution in [3.05, 3.63) is 0 Å². The number of hydrogen-bond donors (Lipinski definition) is 1. The van der Waals surface area contributed by atoms with Crippen molar-refractivity contribution in [2.75, 3.05) is 0 Å². The van der Waals surface area contributed by atoms with E-state index >= 15 is 0 Å². The van der Waals surface area contributed by atoms with Crippen LogP contribution in [0.2, 0.25) is 0 Å². The predicted octanol–water partition coefficient (Wildman–Crippen LogP) is 3.98. The molecular weight excluding hydrogens is 170 g/mol. The molecular formula is C13H29N. The Morgan fingerprint density at radius 2 is 1.64 bits per heavy atom. The topological polar surface area (TPSA) is 12.0 Å². The number of rotatable bonds is 8. The van der Waals surface area contributed by atoms with Crippen LogP contribution < -0.4 is 5.32 Å². The maximum Gasteiger partial charge on any atom is 0.00694 e. The highest BCUT2D eigenvalue weighted by atomic mass is 14.9. The largest absolute Gasteiger partial charge is 0.312 e. The van der Waals surface area contributed by atoms with Crippen molar-refractivity contribution < 1.29 is 0 Å². The van der Waals surface area contributed by atoms with Crippen LogP contribution in [0.15, 0.2) is 0 Å². The zero-order valence-electron chi connectivity index (χ0n) is 10.8. The normalized spacial score (nSPS) is 17.8. The van der Waals surface area contributed by atoms with E-state index in [1.807, 2.05) is 0 Å². The molecule has 0 rings (SSSR count). The van der Waals surface area contributed by atoms with Crippen LogP contribution in [0.1, 0.15) is 66.7 Å². The maximum absolute atomic E-state index is 3.73. The van der Waals surface area contributed by atoms with E-state index < -0.39 is 0 Å². The van der Waals surface area contributed by atoms with Gasteiger partial charge in [0.25, 0.3) is 0 Å². The van der Waals surface area contributed by atoms with E-state index in [1.165, 1.54) is 32.1 Å². The van der Waals surface area contributed by atoms with Crippen LogP contribution in [0, 0.1) is 5.92 Å². The Bertz CT molecular complexity index is 122. The van der Waals surface area contributed by atoms with Crippen molar-refractivity contribution in [1.82, 2.24) is 5.32 Å². The van der Waals surface area contributed by atoms with E-state index in [4.69, 9.17) is 0 Å². The molecule has 0 fully saturated rings. The summed E-state index contributed by atoms with van der Waals surface area (Å²) in [6.07, 6.45) is 6.49. The molecule has 0 aliphatic heterocycles. The summed E-state index contributed by atoms with van der Waals surface area (Å²) < 4.78 is 0. The van der Waals surface area contributed by atoms with Crippen molar-refractivity contribution in [3.63, 3.8) is 0 Å². The monoisotopic (exact) mass is 199 g/mol. The molecule has 86 valence electrons. The molecule has 0 spiro atoms. The van der Waals surface area contributed by atoms with Crippen molar-refractivity contribution in [3.8, 4) is 0 Å². The molecule has 0 heterocycles. The lowest BCUT2D eigenvalue weighted by molar-refractivity contribution is 0.347. The van der Waals surface area contributed by atoms with Gasteiger partial charge in [0, 0.05) is 12.1 Å². The van der Waals surface area contributed by atoms with Gasteiger partial charge in [0.1, 0.15) is 0 Å². The Morgan fingerprint density at radius 3 is 2.07 bits per heavy atom. The lowest BCUT2D eigenvalue weighted by Gasteiger charge is -2.24. The molecule has 0 aliphatic carbocycles. The molecule has 0 saturated heterocycles. The minimum atomic E-state index is 0.689. The summed E-state index contributed by atoms with van der Waals surface area (Å²) in [5.41, 5.74) is 0. The molecule has 14 heavy (non-hydrogen) atoms.